The molecule has 2 amide bonds. The summed E-state index contributed by atoms with van der Waals surface area (Å²) in [4.78, 5) is 26.5. The summed E-state index contributed by atoms with van der Waals surface area (Å²) in [6.07, 6.45) is 2.78. The average molecular weight is 448 g/mol. The zero-order valence-electron chi connectivity index (χ0n) is 16.9. The van der Waals surface area contributed by atoms with Gasteiger partial charge in [-0.3, -0.25) is 9.59 Å². The molecular formula is C21H26ClN5O2S. The molecule has 1 saturated heterocycles. The van der Waals surface area contributed by atoms with E-state index in [-0.39, 0.29) is 23.5 Å². The van der Waals surface area contributed by atoms with Crippen molar-refractivity contribution in [3.05, 3.63) is 41.4 Å². The van der Waals surface area contributed by atoms with E-state index in [1.807, 2.05) is 31.2 Å². The summed E-state index contributed by atoms with van der Waals surface area (Å²) in [5.41, 5.74) is 0.592. The van der Waals surface area contributed by atoms with E-state index >= 15 is 0 Å². The van der Waals surface area contributed by atoms with Crippen molar-refractivity contribution in [3.8, 4) is 0 Å². The number of rotatable bonds is 8. The van der Waals surface area contributed by atoms with Crippen LogP contribution in [-0.4, -0.2) is 47.4 Å². The average Bonchev–Trinajstić information content (AvgIpc) is 2.78. The van der Waals surface area contributed by atoms with Gasteiger partial charge in [-0.1, -0.05) is 42.4 Å². The Bertz CT molecular complexity index is 865. The Morgan fingerprint density at radius 2 is 2.07 bits per heavy atom. The first-order valence-corrected chi connectivity index (χ1v) is 11.5. The molecule has 1 atom stereocenters. The molecule has 0 aliphatic carbocycles. The third kappa shape index (κ3) is 6.34. The van der Waals surface area contributed by atoms with E-state index in [0.29, 0.717) is 28.8 Å². The topological polar surface area (TPSA) is 87.2 Å². The molecule has 1 fully saturated rings. The van der Waals surface area contributed by atoms with Gasteiger partial charge in [0.05, 0.1) is 22.4 Å². The summed E-state index contributed by atoms with van der Waals surface area (Å²) < 4.78 is 0. The van der Waals surface area contributed by atoms with Crippen LogP contribution in [0.2, 0.25) is 5.02 Å². The number of anilines is 2. The number of nitrogens with one attached hydrogen (secondary N) is 2. The Morgan fingerprint density at radius 3 is 2.80 bits per heavy atom. The van der Waals surface area contributed by atoms with Gasteiger partial charge in [0, 0.05) is 19.6 Å². The van der Waals surface area contributed by atoms with E-state index in [4.69, 9.17) is 11.6 Å². The van der Waals surface area contributed by atoms with E-state index < -0.39 is 0 Å². The summed E-state index contributed by atoms with van der Waals surface area (Å²) in [5, 5.41) is 15.5. The summed E-state index contributed by atoms with van der Waals surface area (Å²) in [6, 6.07) is 10.9. The minimum absolute atomic E-state index is 0.0188. The summed E-state index contributed by atoms with van der Waals surface area (Å²) in [7, 11) is 0. The molecule has 0 unspecified atom stereocenters. The normalized spacial score (nSPS) is 16.2. The number of para-hydroxylation sites is 1. The third-order valence-corrected chi connectivity index (χ3v) is 6.04. The van der Waals surface area contributed by atoms with Gasteiger partial charge in [0.2, 0.25) is 11.8 Å². The van der Waals surface area contributed by atoms with Gasteiger partial charge in [0.1, 0.15) is 5.03 Å². The highest BCUT2D eigenvalue weighted by molar-refractivity contribution is 7.99. The van der Waals surface area contributed by atoms with Gasteiger partial charge < -0.3 is 15.5 Å². The van der Waals surface area contributed by atoms with Crippen molar-refractivity contribution in [1.29, 1.82) is 0 Å². The molecule has 0 spiro atoms. The number of hydrogen-bond donors (Lipinski definition) is 2. The van der Waals surface area contributed by atoms with E-state index in [1.165, 1.54) is 11.8 Å². The maximum absolute atomic E-state index is 12.3. The molecule has 1 aromatic heterocycles. The van der Waals surface area contributed by atoms with Crippen LogP contribution in [-0.2, 0) is 9.59 Å². The maximum Gasteiger partial charge on any atom is 0.234 e. The predicted molar refractivity (Wildman–Crippen MR) is 121 cm³/mol. The van der Waals surface area contributed by atoms with Crippen molar-refractivity contribution in [2.45, 2.75) is 31.2 Å². The van der Waals surface area contributed by atoms with E-state index in [1.54, 1.807) is 12.1 Å². The Morgan fingerprint density at radius 1 is 1.23 bits per heavy atom. The van der Waals surface area contributed by atoms with Gasteiger partial charge in [0.15, 0.2) is 5.82 Å². The summed E-state index contributed by atoms with van der Waals surface area (Å²) in [6.45, 7) is 4.27. The minimum Gasteiger partial charge on any atom is -0.356 e. The quantitative estimate of drug-likeness (QED) is 0.601. The van der Waals surface area contributed by atoms with E-state index in [2.05, 4.69) is 25.7 Å². The fourth-order valence-corrected chi connectivity index (χ4v) is 4.04. The molecule has 9 heteroatoms. The van der Waals surface area contributed by atoms with Crippen LogP contribution in [0.25, 0.3) is 0 Å². The lowest BCUT2D eigenvalue weighted by atomic mass is 9.97. The number of piperidine rings is 1. The Hall–Kier alpha value is -2.32. The molecule has 1 aromatic carbocycles. The number of halogens is 1. The predicted octanol–water partition coefficient (Wildman–Crippen LogP) is 3.60. The minimum atomic E-state index is -0.157. The van der Waals surface area contributed by atoms with Crippen molar-refractivity contribution in [3.63, 3.8) is 0 Å². The highest BCUT2D eigenvalue weighted by atomic mass is 35.5. The Kier molecular flexibility index (Phi) is 8.33. The fraction of sp³-hybridized carbons (Fsp3) is 0.429. The summed E-state index contributed by atoms with van der Waals surface area (Å²) >= 11 is 7.37. The van der Waals surface area contributed by atoms with Gasteiger partial charge in [-0.05, 0) is 43.5 Å². The zero-order chi connectivity index (χ0) is 21.3. The second-order valence-corrected chi connectivity index (χ2v) is 8.53. The number of aromatic nitrogens is 2. The first-order valence-electron chi connectivity index (χ1n) is 10.1. The largest absolute Gasteiger partial charge is 0.356 e. The maximum atomic E-state index is 12.3. The molecule has 2 heterocycles. The number of nitrogens with zero attached hydrogens (tertiary/aromatic N) is 3. The molecule has 2 aromatic rings. The molecule has 0 radical (unpaired) electrons. The molecule has 1 aliphatic rings. The molecule has 3 rings (SSSR count). The third-order valence-electron chi connectivity index (χ3n) is 4.79. The molecule has 1 aliphatic heterocycles. The summed E-state index contributed by atoms with van der Waals surface area (Å²) in [5.74, 6) is 0.910. The SMILES string of the molecule is CCCNC(=O)[C@@H]1CCCN(c2ccc(SCC(=O)Nc3ccccc3Cl)nn2)C1. The molecule has 0 saturated carbocycles. The first-order chi connectivity index (χ1) is 14.6. The van der Waals surface area contributed by atoms with Crippen molar-refractivity contribution in [2.75, 3.05) is 35.6 Å². The van der Waals surface area contributed by atoms with Gasteiger partial charge in [-0.15, -0.1) is 10.2 Å². The lowest BCUT2D eigenvalue weighted by molar-refractivity contribution is -0.125. The highest BCUT2D eigenvalue weighted by Gasteiger charge is 2.26. The molecule has 2 N–H and O–H groups in total. The second kappa shape index (κ2) is 11.2. The van der Waals surface area contributed by atoms with Gasteiger partial charge in [-0.2, -0.15) is 0 Å². The van der Waals surface area contributed by atoms with Crippen molar-refractivity contribution < 1.29 is 9.59 Å². The molecular weight excluding hydrogens is 422 g/mol. The Labute approximate surface area is 186 Å². The van der Waals surface area contributed by atoms with Crippen molar-refractivity contribution >= 4 is 46.7 Å². The Balaban J connectivity index is 1.50. The van der Waals surface area contributed by atoms with Crippen LogP contribution in [0.1, 0.15) is 26.2 Å². The van der Waals surface area contributed by atoms with Crippen LogP contribution in [0.15, 0.2) is 41.4 Å². The highest BCUT2D eigenvalue weighted by Crippen LogP contribution is 2.24. The van der Waals surface area contributed by atoms with Crippen LogP contribution >= 0.6 is 23.4 Å². The number of hydrogen-bond acceptors (Lipinski definition) is 6. The van der Waals surface area contributed by atoms with E-state index in [9.17, 15) is 9.59 Å². The molecule has 7 nitrogen and oxygen atoms in total. The number of benzene rings is 1. The molecule has 160 valence electrons. The van der Waals surface area contributed by atoms with Gasteiger partial charge >= 0.3 is 0 Å². The van der Waals surface area contributed by atoms with Crippen LogP contribution in [0.3, 0.4) is 0 Å². The number of thioether (sulfide) groups is 1. The molecule has 30 heavy (non-hydrogen) atoms. The van der Waals surface area contributed by atoms with E-state index in [0.717, 1.165) is 31.6 Å². The smallest absolute Gasteiger partial charge is 0.234 e. The number of carbonyl (C=O) groups is 2. The second-order valence-electron chi connectivity index (χ2n) is 7.12. The lowest BCUT2D eigenvalue weighted by Gasteiger charge is -2.32. The van der Waals surface area contributed by atoms with Gasteiger partial charge in [-0.25, -0.2) is 0 Å². The zero-order valence-corrected chi connectivity index (χ0v) is 18.5. The van der Waals surface area contributed by atoms with Crippen LogP contribution in [0.4, 0.5) is 11.5 Å². The van der Waals surface area contributed by atoms with Crippen LogP contribution in [0.5, 0.6) is 0 Å². The number of amides is 2. The fourth-order valence-electron chi connectivity index (χ4n) is 3.24. The van der Waals surface area contributed by atoms with Crippen LogP contribution < -0.4 is 15.5 Å². The van der Waals surface area contributed by atoms with Gasteiger partial charge in [0.25, 0.3) is 0 Å². The first kappa shape index (κ1) is 22.4. The van der Waals surface area contributed by atoms with Crippen molar-refractivity contribution in [2.24, 2.45) is 5.92 Å². The van der Waals surface area contributed by atoms with Crippen LogP contribution in [0, 0.1) is 5.92 Å². The van der Waals surface area contributed by atoms with Crippen molar-refractivity contribution in [1.82, 2.24) is 15.5 Å². The lowest BCUT2D eigenvalue weighted by Crippen LogP contribution is -2.43. The monoisotopic (exact) mass is 447 g/mol. The number of carbonyl (C=O) groups excluding carboxylic acids is 2. The molecule has 0 bridgehead atoms. The standard InChI is InChI=1S/C21H26ClN5O2S/c1-2-11-23-21(29)15-6-5-12-27(13-15)18-9-10-20(26-25-18)30-14-19(28)24-17-8-4-3-7-16(17)22/h3-4,7-10,15H,2,5-6,11-14H2,1H3,(H,23,29)(H,24,28)/t15-/m1/s1.